The lowest BCUT2D eigenvalue weighted by atomic mass is 10.2. The summed E-state index contributed by atoms with van der Waals surface area (Å²) in [6, 6.07) is 18.1. The number of aromatic amines is 1. The summed E-state index contributed by atoms with van der Waals surface area (Å²) in [6.45, 7) is 8.04. The first-order chi connectivity index (χ1) is 14.3. The molecule has 0 fully saturated rings. The fourth-order valence-electron chi connectivity index (χ4n) is 2.81. The van der Waals surface area contributed by atoms with Crippen LogP contribution in [0, 0.1) is 0 Å². The van der Waals surface area contributed by atoms with E-state index in [1.54, 1.807) is 6.08 Å². The van der Waals surface area contributed by atoms with Crippen molar-refractivity contribution >= 4 is 29.9 Å². The second-order valence-corrected chi connectivity index (χ2v) is 6.37. The van der Waals surface area contributed by atoms with Gasteiger partial charge in [0.25, 0.3) is 0 Å². The Morgan fingerprint density at radius 2 is 1.90 bits per heavy atom. The van der Waals surface area contributed by atoms with Crippen molar-refractivity contribution < 1.29 is 4.74 Å². The van der Waals surface area contributed by atoms with E-state index in [0.717, 1.165) is 40.9 Å². The van der Waals surface area contributed by atoms with Crippen LogP contribution in [-0.4, -0.2) is 29.1 Å². The van der Waals surface area contributed by atoms with Gasteiger partial charge >= 0.3 is 0 Å². The molecule has 7 heteroatoms. The van der Waals surface area contributed by atoms with Crippen LogP contribution in [0.4, 0.5) is 0 Å². The molecule has 0 unspecified atom stereocenters. The van der Waals surface area contributed by atoms with Crippen LogP contribution >= 0.6 is 24.0 Å². The molecule has 0 aliphatic heterocycles. The highest BCUT2D eigenvalue weighted by molar-refractivity contribution is 14.0. The number of nitrogens with zero attached hydrogens (tertiary/aromatic N) is 2. The minimum absolute atomic E-state index is 0. The van der Waals surface area contributed by atoms with Crippen molar-refractivity contribution in [3.05, 3.63) is 84.8 Å². The van der Waals surface area contributed by atoms with E-state index in [0.29, 0.717) is 19.7 Å². The molecular weight excluding hydrogens is 489 g/mol. The Hall–Kier alpha value is -2.81. The predicted molar refractivity (Wildman–Crippen MR) is 133 cm³/mol. The number of halogens is 1. The Kier molecular flexibility index (Phi) is 9.93. The van der Waals surface area contributed by atoms with E-state index < -0.39 is 0 Å². The van der Waals surface area contributed by atoms with E-state index in [-0.39, 0.29) is 24.0 Å². The number of benzene rings is 2. The first-order valence-corrected chi connectivity index (χ1v) is 9.73. The Morgan fingerprint density at radius 1 is 1.13 bits per heavy atom. The predicted octanol–water partition coefficient (Wildman–Crippen LogP) is 4.51. The topological polar surface area (TPSA) is 74.3 Å². The fourth-order valence-corrected chi connectivity index (χ4v) is 2.81. The van der Waals surface area contributed by atoms with Gasteiger partial charge in [-0.15, -0.1) is 24.0 Å². The molecule has 0 aliphatic rings. The minimum atomic E-state index is 0. The van der Waals surface area contributed by atoms with Crippen molar-refractivity contribution in [2.75, 3.05) is 13.2 Å². The lowest BCUT2D eigenvalue weighted by molar-refractivity contribution is 0.359. The van der Waals surface area contributed by atoms with Crippen molar-refractivity contribution in [1.82, 2.24) is 20.6 Å². The maximum atomic E-state index is 5.71. The van der Waals surface area contributed by atoms with Gasteiger partial charge in [-0.25, -0.2) is 9.98 Å². The second-order valence-electron chi connectivity index (χ2n) is 6.37. The summed E-state index contributed by atoms with van der Waals surface area (Å²) < 4.78 is 5.71. The van der Waals surface area contributed by atoms with Crippen molar-refractivity contribution in [2.45, 2.75) is 20.0 Å². The third-order valence-electron chi connectivity index (χ3n) is 4.22. The minimum Gasteiger partial charge on any atom is -0.489 e. The number of ether oxygens (including phenoxy) is 1. The Bertz CT molecular complexity index is 940. The normalized spacial score (nSPS) is 10.8. The Balaban J connectivity index is 0.00000320. The van der Waals surface area contributed by atoms with Crippen molar-refractivity contribution in [2.24, 2.45) is 4.99 Å². The number of aromatic nitrogens is 2. The quantitative estimate of drug-likeness (QED) is 0.169. The Labute approximate surface area is 194 Å². The van der Waals surface area contributed by atoms with Crippen LogP contribution < -0.4 is 15.4 Å². The molecule has 0 aliphatic carbocycles. The zero-order chi connectivity index (χ0) is 20.3. The van der Waals surface area contributed by atoms with Crippen LogP contribution in [0.3, 0.4) is 0 Å². The molecule has 30 heavy (non-hydrogen) atoms. The van der Waals surface area contributed by atoms with Gasteiger partial charge in [0.05, 0.1) is 25.0 Å². The number of aliphatic imine (C=N–C) groups is 1. The summed E-state index contributed by atoms with van der Waals surface area (Å²) in [5.74, 6) is 2.40. The summed E-state index contributed by atoms with van der Waals surface area (Å²) in [4.78, 5) is 12.5. The fraction of sp³-hybridized carbons (Fsp3) is 0.217. The number of rotatable bonds is 9. The molecule has 3 rings (SSSR count). The van der Waals surface area contributed by atoms with E-state index in [4.69, 9.17) is 4.74 Å². The molecule has 158 valence electrons. The molecule has 6 nitrogen and oxygen atoms in total. The highest BCUT2D eigenvalue weighted by Crippen LogP contribution is 2.19. The van der Waals surface area contributed by atoms with Crippen LogP contribution in [0.15, 0.2) is 78.4 Å². The lowest BCUT2D eigenvalue weighted by Gasteiger charge is -2.12. The highest BCUT2D eigenvalue weighted by atomic mass is 127. The molecule has 0 spiro atoms. The van der Waals surface area contributed by atoms with Gasteiger partial charge in [-0.05, 0) is 18.6 Å². The monoisotopic (exact) mass is 517 g/mol. The maximum absolute atomic E-state index is 5.71. The van der Waals surface area contributed by atoms with Crippen molar-refractivity contribution in [1.29, 1.82) is 0 Å². The first kappa shape index (κ1) is 23.5. The zero-order valence-electron chi connectivity index (χ0n) is 17.1. The van der Waals surface area contributed by atoms with E-state index in [9.17, 15) is 0 Å². The SMILES string of the molecule is C=CCOc1ccccc1CN=C(NCC)NCc1ncc(-c2ccccc2)[nH]1.I. The van der Waals surface area contributed by atoms with E-state index in [2.05, 4.69) is 44.3 Å². The first-order valence-electron chi connectivity index (χ1n) is 9.73. The summed E-state index contributed by atoms with van der Waals surface area (Å²) in [7, 11) is 0. The number of para-hydroxylation sites is 1. The molecule has 0 saturated carbocycles. The standard InChI is InChI=1S/C23H27N5O.HI/c1-3-14-29-21-13-9-8-12-19(21)15-26-23(24-4-2)27-17-22-25-16-20(28-22)18-10-6-5-7-11-18;/h3,5-13,16H,1,4,14-15,17H2,2H3,(H,25,28)(H2,24,26,27);1H. The number of imidazole rings is 1. The van der Waals surface area contributed by atoms with Crippen LogP contribution in [0.25, 0.3) is 11.3 Å². The summed E-state index contributed by atoms with van der Waals surface area (Å²) in [5, 5.41) is 6.59. The van der Waals surface area contributed by atoms with E-state index in [1.165, 1.54) is 0 Å². The molecule has 3 aromatic rings. The second kappa shape index (κ2) is 12.7. The Morgan fingerprint density at radius 3 is 2.67 bits per heavy atom. The average molecular weight is 517 g/mol. The van der Waals surface area contributed by atoms with Gasteiger partial charge in [-0.3, -0.25) is 0 Å². The van der Waals surface area contributed by atoms with Gasteiger partial charge in [0, 0.05) is 12.1 Å². The molecule has 1 aromatic heterocycles. The number of hydrogen-bond donors (Lipinski definition) is 3. The maximum Gasteiger partial charge on any atom is 0.191 e. The third-order valence-corrected chi connectivity index (χ3v) is 4.22. The molecule has 3 N–H and O–H groups in total. The summed E-state index contributed by atoms with van der Waals surface area (Å²) in [5.41, 5.74) is 3.14. The lowest BCUT2D eigenvalue weighted by Crippen LogP contribution is -2.37. The number of nitrogens with one attached hydrogen (secondary N) is 3. The van der Waals surface area contributed by atoms with Crippen LogP contribution in [-0.2, 0) is 13.1 Å². The van der Waals surface area contributed by atoms with Crippen LogP contribution in [0.1, 0.15) is 18.3 Å². The van der Waals surface area contributed by atoms with Crippen LogP contribution in [0.2, 0.25) is 0 Å². The van der Waals surface area contributed by atoms with Crippen molar-refractivity contribution in [3.8, 4) is 17.0 Å². The number of hydrogen-bond acceptors (Lipinski definition) is 3. The molecule has 0 saturated heterocycles. The van der Waals surface area contributed by atoms with E-state index in [1.807, 2.05) is 55.6 Å². The molecule has 0 bridgehead atoms. The highest BCUT2D eigenvalue weighted by Gasteiger charge is 2.06. The van der Waals surface area contributed by atoms with E-state index >= 15 is 0 Å². The molecule has 0 atom stereocenters. The molecule has 0 radical (unpaired) electrons. The number of H-pyrrole nitrogens is 1. The zero-order valence-corrected chi connectivity index (χ0v) is 19.4. The van der Waals surface area contributed by atoms with Gasteiger partial charge in [-0.2, -0.15) is 0 Å². The summed E-state index contributed by atoms with van der Waals surface area (Å²) in [6.07, 6.45) is 3.59. The molecule has 2 aromatic carbocycles. The average Bonchev–Trinajstić information content (AvgIpc) is 3.24. The van der Waals surface area contributed by atoms with Crippen molar-refractivity contribution in [3.63, 3.8) is 0 Å². The van der Waals surface area contributed by atoms with Gasteiger partial charge in [0.1, 0.15) is 18.2 Å². The van der Waals surface area contributed by atoms with Gasteiger partial charge in [0.2, 0.25) is 0 Å². The number of guanidine groups is 1. The van der Waals surface area contributed by atoms with Crippen LogP contribution in [0.5, 0.6) is 5.75 Å². The third kappa shape index (κ3) is 6.91. The van der Waals surface area contributed by atoms with Gasteiger partial charge in [-0.1, -0.05) is 61.2 Å². The van der Waals surface area contributed by atoms with Gasteiger partial charge < -0.3 is 20.4 Å². The summed E-state index contributed by atoms with van der Waals surface area (Å²) >= 11 is 0. The molecule has 0 amide bonds. The molecule has 1 heterocycles. The van der Waals surface area contributed by atoms with Gasteiger partial charge in [0.15, 0.2) is 5.96 Å². The largest absolute Gasteiger partial charge is 0.489 e. The molecular formula is C23H28IN5O. The smallest absolute Gasteiger partial charge is 0.191 e.